The van der Waals surface area contributed by atoms with Gasteiger partial charge in [0.15, 0.2) is 0 Å². The molecule has 2 aromatic carbocycles. The summed E-state index contributed by atoms with van der Waals surface area (Å²) in [4.78, 5) is 0. The Bertz CT molecular complexity index is 779. The fourth-order valence-electron chi connectivity index (χ4n) is 4.61. The van der Waals surface area contributed by atoms with Gasteiger partial charge < -0.3 is 0 Å². The van der Waals surface area contributed by atoms with Gasteiger partial charge in [-0.2, -0.15) is 5.26 Å². The Labute approximate surface area is 163 Å². The van der Waals surface area contributed by atoms with Crippen LogP contribution in [0.25, 0.3) is 11.1 Å². The molecule has 1 aliphatic rings. The summed E-state index contributed by atoms with van der Waals surface area (Å²) in [5.74, 6) is 2.08. The average molecular weight is 364 g/mol. The van der Waals surface area contributed by atoms with Crippen LogP contribution >= 0.6 is 0 Å². The lowest BCUT2D eigenvalue weighted by Crippen LogP contribution is -2.21. The minimum Gasteiger partial charge on any atom is -0.206 e. The molecule has 0 N–H and O–H groups in total. The van der Waals surface area contributed by atoms with Crippen LogP contribution in [0.4, 0.5) is 4.39 Å². The van der Waals surface area contributed by atoms with E-state index in [1.165, 1.54) is 50.2 Å². The van der Waals surface area contributed by atoms with E-state index >= 15 is 0 Å². The van der Waals surface area contributed by atoms with Gasteiger partial charge in [-0.15, -0.1) is 0 Å². The van der Waals surface area contributed by atoms with Crippen LogP contribution in [0.5, 0.6) is 0 Å². The molecule has 1 unspecified atom stereocenters. The molecule has 0 bridgehead atoms. The number of hydrogen-bond donors (Lipinski definition) is 0. The van der Waals surface area contributed by atoms with Crippen molar-refractivity contribution in [3.05, 3.63) is 59.4 Å². The smallest absolute Gasteiger partial charge is 0.141 e. The highest BCUT2D eigenvalue weighted by atomic mass is 19.1. The second-order valence-corrected chi connectivity index (χ2v) is 8.25. The van der Waals surface area contributed by atoms with Gasteiger partial charge in [0.25, 0.3) is 0 Å². The van der Waals surface area contributed by atoms with Crippen molar-refractivity contribution < 1.29 is 4.39 Å². The van der Waals surface area contributed by atoms with Crippen molar-refractivity contribution in [2.75, 3.05) is 0 Å². The minimum atomic E-state index is -0.452. The molecule has 0 heterocycles. The number of rotatable bonds is 6. The molecular formula is C25H30FN. The van der Waals surface area contributed by atoms with E-state index in [4.69, 9.17) is 5.26 Å². The van der Waals surface area contributed by atoms with Gasteiger partial charge >= 0.3 is 0 Å². The third-order valence-corrected chi connectivity index (χ3v) is 6.33. The first kappa shape index (κ1) is 19.6. The van der Waals surface area contributed by atoms with Crippen molar-refractivity contribution in [2.24, 2.45) is 17.8 Å². The number of halogens is 1. The molecule has 1 atom stereocenters. The zero-order chi connectivity index (χ0) is 19.2. The monoisotopic (exact) mass is 363 g/mol. The van der Waals surface area contributed by atoms with E-state index in [0.717, 1.165) is 29.4 Å². The highest BCUT2D eigenvalue weighted by Gasteiger charge is 2.24. The molecule has 142 valence electrons. The Hall–Kier alpha value is -2.14. The Morgan fingerprint density at radius 2 is 1.70 bits per heavy atom. The zero-order valence-electron chi connectivity index (χ0n) is 16.5. The molecule has 1 fully saturated rings. The predicted octanol–water partition coefficient (Wildman–Crippen LogP) is 7.15. The summed E-state index contributed by atoms with van der Waals surface area (Å²) >= 11 is 0. The quantitative estimate of drug-likeness (QED) is 0.534. The molecule has 0 spiro atoms. The van der Waals surface area contributed by atoms with Crippen LogP contribution in [0, 0.1) is 34.9 Å². The van der Waals surface area contributed by atoms with Crippen LogP contribution in [-0.2, 0) is 6.42 Å². The summed E-state index contributed by atoms with van der Waals surface area (Å²) in [6.07, 6.45) is 9.42. The largest absolute Gasteiger partial charge is 0.206 e. The number of nitrogens with zero attached hydrogens (tertiary/aromatic N) is 1. The van der Waals surface area contributed by atoms with Crippen LogP contribution in [0.15, 0.2) is 42.5 Å². The van der Waals surface area contributed by atoms with Crippen molar-refractivity contribution in [3.8, 4) is 17.2 Å². The van der Waals surface area contributed by atoms with Gasteiger partial charge in [-0.25, -0.2) is 4.39 Å². The standard InChI is InChI=1S/C25H30FN/c1-3-4-19-5-9-21(10-6-19)18(2)15-20-7-11-22(12-8-20)23-13-14-24(17-27)25(26)16-23/h7-8,11-14,16,18-19,21H,3-6,9-10,15H2,1-2H3. The first-order valence-corrected chi connectivity index (χ1v) is 10.4. The topological polar surface area (TPSA) is 23.8 Å². The lowest BCUT2D eigenvalue weighted by Gasteiger charge is -2.32. The lowest BCUT2D eigenvalue weighted by atomic mass is 9.73. The van der Waals surface area contributed by atoms with E-state index in [-0.39, 0.29) is 5.56 Å². The van der Waals surface area contributed by atoms with E-state index in [0.29, 0.717) is 5.92 Å². The highest BCUT2D eigenvalue weighted by molar-refractivity contribution is 5.64. The molecule has 2 heteroatoms. The summed E-state index contributed by atoms with van der Waals surface area (Å²) < 4.78 is 13.8. The summed E-state index contributed by atoms with van der Waals surface area (Å²) in [5, 5.41) is 8.86. The maximum absolute atomic E-state index is 13.8. The van der Waals surface area contributed by atoms with Crippen LogP contribution < -0.4 is 0 Å². The van der Waals surface area contributed by atoms with Crippen LogP contribution in [0.1, 0.15) is 63.5 Å². The molecule has 3 rings (SSSR count). The maximum atomic E-state index is 13.8. The lowest BCUT2D eigenvalue weighted by molar-refractivity contribution is 0.206. The van der Waals surface area contributed by atoms with Crippen LogP contribution in [-0.4, -0.2) is 0 Å². The van der Waals surface area contributed by atoms with Crippen LogP contribution in [0.2, 0.25) is 0 Å². The van der Waals surface area contributed by atoms with E-state index < -0.39 is 5.82 Å². The second kappa shape index (κ2) is 9.18. The fourth-order valence-corrected chi connectivity index (χ4v) is 4.61. The maximum Gasteiger partial charge on any atom is 0.141 e. The molecule has 1 saturated carbocycles. The number of benzene rings is 2. The van der Waals surface area contributed by atoms with E-state index in [9.17, 15) is 4.39 Å². The van der Waals surface area contributed by atoms with Crippen molar-refractivity contribution in [1.29, 1.82) is 5.26 Å². The first-order valence-electron chi connectivity index (χ1n) is 10.4. The summed E-state index contributed by atoms with van der Waals surface area (Å²) in [6.45, 7) is 4.69. The molecule has 0 aliphatic heterocycles. The summed E-state index contributed by atoms with van der Waals surface area (Å²) in [5.41, 5.74) is 3.27. The van der Waals surface area contributed by atoms with E-state index in [2.05, 4.69) is 38.1 Å². The SMILES string of the molecule is CCCC1CCC(C(C)Cc2ccc(-c3ccc(C#N)c(F)c3)cc2)CC1. The van der Waals surface area contributed by atoms with Crippen LogP contribution in [0.3, 0.4) is 0 Å². The Balaban J connectivity index is 1.59. The highest BCUT2D eigenvalue weighted by Crippen LogP contribution is 2.36. The fraction of sp³-hybridized carbons (Fsp3) is 0.480. The molecule has 0 radical (unpaired) electrons. The Kier molecular flexibility index (Phi) is 6.67. The molecule has 0 aromatic heterocycles. The predicted molar refractivity (Wildman–Crippen MR) is 110 cm³/mol. The van der Waals surface area contributed by atoms with Gasteiger partial charge in [0.05, 0.1) is 5.56 Å². The number of hydrogen-bond acceptors (Lipinski definition) is 1. The van der Waals surface area contributed by atoms with Gasteiger partial charge in [0.1, 0.15) is 11.9 Å². The van der Waals surface area contributed by atoms with Gasteiger partial charge in [-0.3, -0.25) is 0 Å². The van der Waals surface area contributed by atoms with Gasteiger partial charge in [-0.05, 0) is 65.8 Å². The molecule has 2 aromatic rings. The molecule has 0 amide bonds. The third-order valence-electron chi connectivity index (χ3n) is 6.33. The van der Waals surface area contributed by atoms with Crippen molar-refractivity contribution >= 4 is 0 Å². The molecule has 0 saturated heterocycles. The number of nitriles is 1. The van der Waals surface area contributed by atoms with Crippen molar-refractivity contribution in [2.45, 2.75) is 58.8 Å². The summed E-state index contributed by atoms with van der Waals surface area (Å²) in [6, 6.07) is 15.2. The van der Waals surface area contributed by atoms with Crippen molar-refractivity contribution in [3.63, 3.8) is 0 Å². The van der Waals surface area contributed by atoms with Gasteiger partial charge in [0.2, 0.25) is 0 Å². The van der Waals surface area contributed by atoms with E-state index in [1.807, 2.05) is 12.1 Å². The van der Waals surface area contributed by atoms with Crippen molar-refractivity contribution in [1.82, 2.24) is 0 Å². The van der Waals surface area contributed by atoms with Gasteiger partial charge in [0, 0.05) is 0 Å². The first-order chi connectivity index (χ1) is 13.1. The third kappa shape index (κ3) is 4.98. The second-order valence-electron chi connectivity index (χ2n) is 8.25. The average Bonchev–Trinajstić information content (AvgIpc) is 2.69. The Morgan fingerprint density at radius 3 is 2.30 bits per heavy atom. The molecular weight excluding hydrogens is 333 g/mol. The molecule has 27 heavy (non-hydrogen) atoms. The normalized spacial score (nSPS) is 20.8. The minimum absolute atomic E-state index is 0.0952. The Morgan fingerprint density at radius 1 is 1.04 bits per heavy atom. The van der Waals surface area contributed by atoms with E-state index in [1.54, 1.807) is 6.07 Å². The summed E-state index contributed by atoms with van der Waals surface area (Å²) in [7, 11) is 0. The van der Waals surface area contributed by atoms with Gasteiger partial charge in [-0.1, -0.05) is 69.9 Å². The molecule has 1 aliphatic carbocycles. The zero-order valence-corrected chi connectivity index (χ0v) is 16.5. The molecule has 1 nitrogen and oxygen atoms in total.